The molecule has 0 saturated carbocycles. The van der Waals surface area contributed by atoms with Gasteiger partial charge < -0.3 is 15.4 Å². The van der Waals surface area contributed by atoms with Crippen LogP contribution >= 0.6 is 22.7 Å². The number of thiophene rings is 1. The summed E-state index contributed by atoms with van der Waals surface area (Å²) in [7, 11) is 4.38. The van der Waals surface area contributed by atoms with Crippen LogP contribution in [-0.2, 0) is 14.3 Å². The van der Waals surface area contributed by atoms with Crippen molar-refractivity contribution in [1.82, 2.24) is 9.47 Å². The van der Waals surface area contributed by atoms with Crippen molar-refractivity contribution < 1.29 is 14.3 Å². The average molecular weight is 416 g/mol. The van der Waals surface area contributed by atoms with Crippen LogP contribution in [0, 0.1) is 11.3 Å². The van der Waals surface area contributed by atoms with Crippen molar-refractivity contribution in [2.24, 2.45) is 5.73 Å². The van der Waals surface area contributed by atoms with Crippen molar-refractivity contribution >= 4 is 52.0 Å². The van der Waals surface area contributed by atoms with Crippen LogP contribution in [0.3, 0.4) is 0 Å². The number of hydrogen-bond donors (Lipinski definition) is 1. The highest BCUT2D eigenvalue weighted by Crippen LogP contribution is 2.38. The molecule has 1 atom stereocenters. The van der Waals surface area contributed by atoms with E-state index in [-0.39, 0.29) is 27.4 Å². The number of thiazole rings is 1. The minimum absolute atomic E-state index is 0.0445. The lowest BCUT2D eigenvalue weighted by atomic mass is 9.88. The Hall–Kier alpha value is -3.16. The minimum Gasteiger partial charge on any atom is -0.466 e. The van der Waals surface area contributed by atoms with Gasteiger partial charge >= 0.3 is 5.97 Å². The summed E-state index contributed by atoms with van der Waals surface area (Å²) in [6.07, 6.45) is 1.05. The van der Waals surface area contributed by atoms with Gasteiger partial charge in [-0.2, -0.15) is 5.26 Å². The Bertz CT molecular complexity index is 1210. The lowest BCUT2D eigenvalue weighted by Gasteiger charge is -2.25. The van der Waals surface area contributed by atoms with E-state index in [1.165, 1.54) is 23.3 Å². The zero-order valence-corrected chi connectivity index (χ0v) is 16.9. The van der Waals surface area contributed by atoms with E-state index in [1.807, 2.05) is 17.5 Å². The van der Waals surface area contributed by atoms with Crippen LogP contribution < -0.4 is 20.5 Å². The Labute approximate surface area is 167 Å². The Morgan fingerprint density at radius 2 is 2.14 bits per heavy atom. The van der Waals surface area contributed by atoms with Gasteiger partial charge in [0, 0.05) is 25.0 Å². The molecule has 0 aliphatic carbocycles. The number of rotatable bonds is 3. The van der Waals surface area contributed by atoms with Gasteiger partial charge in [-0.05, 0) is 11.4 Å². The molecule has 144 valence electrons. The Kier molecular flexibility index (Phi) is 5.22. The fourth-order valence-electron chi connectivity index (χ4n) is 2.90. The van der Waals surface area contributed by atoms with Crippen LogP contribution in [0.5, 0.6) is 0 Å². The molecule has 3 heterocycles. The third-order valence-corrected chi connectivity index (χ3v) is 6.23. The van der Waals surface area contributed by atoms with Gasteiger partial charge in [0.25, 0.3) is 11.5 Å². The molecule has 1 aliphatic heterocycles. The summed E-state index contributed by atoms with van der Waals surface area (Å²) in [6, 6.07) is 5.68. The highest BCUT2D eigenvalue weighted by molar-refractivity contribution is 7.10. The second kappa shape index (κ2) is 7.46. The molecule has 0 unspecified atom stereocenters. The Morgan fingerprint density at radius 1 is 1.43 bits per heavy atom. The second-order valence-corrected chi connectivity index (χ2v) is 8.06. The molecule has 1 amide bonds. The molecule has 2 aromatic rings. The molecule has 1 aliphatic rings. The number of hydrogen-bond acceptors (Lipinski definition) is 8. The molecule has 0 bridgehead atoms. The lowest BCUT2D eigenvalue weighted by Crippen LogP contribution is -2.41. The van der Waals surface area contributed by atoms with E-state index in [9.17, 15) is 19.6 Å². The van der Waals surface area contributed by atoms with Gasteiger partial charge in [0.15, 0.2) is 0 Å². The first-order valence-electron chi connectivity index (χ1n) is 8.02. The van der Waals surface area contributed by atoms with E-state index in [1.54, 1.807) is 14.1 Å². The van der Waals surface area contributed by atoms with Crippen LogP contribution in [0.4, 0.5) is 0 Å². The van der Waals surface area contributed by atoms with Crippen LogP contribution in [0.15, 0.2) is 27.9 Å². The number of nitrogens with zero attached hydrogens (tertiary/aromatic N) is 3. The second-order valence-electron chi connectivity index (χ2n) is 6.05. The number of aromatic nitrogens is 1. The predicted octanol–water partition coefficient (Wildman–Crippen LogP) is -0.388. The van der Waals surface area contributed by atoms with Gasteiger partial charge in [0.05, 0.1) is 30.2 Å². The number of methoxy groups -OCH3 is 1. The topological polar surface area (TPSA) is 118 Å². The quantitative estimate of drug-likeness (QED) is 0.681. The van der Waals surface area contributed by atoms with Gasteiger partial charge in [-0.1, -0.05) is 6.07 Å². The summed E-state index contributed by atoms with van der Waals surface area (Å²) in [5, 5.41) is 11.6. The molecule has 0 fully saturated rings. The molecule has 0 spiro atoms. The van der Waals surface area contributed by atoms with Crippen LogP contribution in [0.2, 0.25) is 0 Å². The first-order valence-corrected chi connectivity index (χ1v) is 9.72. The summed E-state index contributed by atoms with van der Waals surface area (Å²) >= 11 is 2.35. The first-order chi connectivity index (χ1) is 13.3. The molecule has 8 nitrogen and oxygen atoms in total. The zero-order chi connectivity index (χ0) is 20.6. The molecular formula is C18H16N4O4S2. The third kappa shape index (κ3) is 3.04. The van der Waals surface area contributed by atoms with E-state index in [0.29, 0.717) is 4.66 Å². The SMILES string of the molecule is COC(=O)/C=c1\sc2n(c1=O)C(N)=C(C#N)[C@H](c1cccs1)C=2C(=O)N(C)C. The highest BCUT2D eigenvalue weighted by atomic mass is 32.1. The van der Waals surface area contributed by atoms with Crippen molar-refractivity contribution in [3.8, 4) is 6.07 Å². The number of allylic oxidation sites excluding steroid dienone is 1. The summed E-state index contributed by atoms with van der Waals surface area (Å²) in [5.74, 6) is -1.78. The number of nitrogens with two attached hydrogens (primary N) is 1. The first kappa shape index (κ1) is 19.6. The number of ether oxygens (including phenoxy) is 1. The van der Waals surface area contributed by atoms with E-state index >= 15 is 0 Å². The van der Waals surface area contributed by atoms with Crippen molar-refractivity contribution in [2.45, 2.75) is 5.92 Å². The van der Waals surface area contributed by atoms with Crippen molar-refractivity contribution in [3.05, 3.63) is 47.5 Å². The van der Waals surface area contributed by atoms with Crippen molar-refractivity contribution in [3.63, 3.8) is 0 Å². The van der Waals surface area contributed by atoms with Gasteiger partial charge in [-0.15, -0.1) is 22.7 Å². The Morgan fingerprint density at radius 3 is 2.68 bits per heavy atom. The van der Waals surface area contributed by atoms with Gasteiger partial charge in [0.2, 0.25) is 0 Å². The maximum Gasteiger partial charge on any atom is 0.332 e. The smallest absolute Gasteiger partial charge is 0.332 e. The molecular weight excluding hydrogens is 400 g/mol. The number of esters is 1. The number of carbonyl (C=O) groups excluding carboxylic acids is 2. The minimum atomic E-state index is -0.699. The van der Waals surface area contributed by atoms with E-state index in [0.717, 1.165) is 26.9 Å². The third-order valence-electron chi connectivity index (χ3n) is 4.18. The molecule has 10 heteroatoms. The number of nitriles is 1. The predicted molar refractivity (Wildman–Crippen MR) is 106 cm³/mol. The maximum absolute atomic E-state index is 13.0. The molecule has 2 aromatic heterocycles. The molecule has 0 aromatic carbocycles. The average Bonchev–Trinajstić information content (AvgIpc) is 3.29. The van der Waals surface area contributed by atoms with E-state index in [4.69, 9.17) is 5.73 Å². The summed E-state index contributed by atoms with van der Waals surface area (Å²) in [4.78, 5) is 39.7. The number of fused-ring (bicyclic) bond motifs is 1. The summed E-state index contributed by atoms with van der Waals surface area (Å²) in [6.45, 7) is 0. The maximum atomic E-state index is 13.0. The standard InChI is InChI=1S/C18H16N4O4S2/c1-21(2)17(25)14-13(10-5-4-6-27-10)9(8-19)15(20)22-16(24)11(28-18(14)22)7-12(23)26-3/h4-7,13H,20H2,1-3H3/b11-7-/t13-/m1/s1. The fourth-order valence-corrected chi connectivity index (χ4v) is 4.87. The number of amides is 1. The monoisotopic (exact) mass is 416 g/mol. The van der Waals surface area contributed by atoms with Crippen LogP contribution in [0.1, 0.15) is 10.8 Å². The van der Waals surface area contributed by atoms with E-state index in [2.05, 4.69) is 10.8 Å². The molecule has 2 N–H and O–H groups in total. The number of carbonyl (C=O) groups is 2. The fraction of sp³-hybridized carbons (Fsp3) is 0.222. The van der Waals surface area contributed by atoms with Crippen LogP contribution in [-0.4, -0.2) is 42.5 Å². The van der Waals surface area contributed by atoms with Crippen molar-refractivity contribution in [2.75, 3.05) is 21.2 Å². The largest absolute Gasteiger partial charge is 0.466 e. The summed E-state index contributed by atoms with van der Waals surface area (Å²) < 4.78 is 6.08. The van der Waals surface area contributed by atoms with E-state index < -0.39 is 17.4 Å². The molecule has 0 radical (unpaired) electrons. The van der Waals surface area contributed by atoms with Gasteiger partial charge in [-0.3, -0.25) is 14.2 Å². The Balaban J connectivity index is 2.50. The summed E-state index contributed by atoms with van der Waals surface area (Å²) in [5.41, 5.74) is 5.98. The molecule has 28 heavy (non-hydrogen) atoms. The molecule has 0 saturated heterocycles. The zero-order valence-electron chi connectivity index (χ0n) is 15.3. The lowest BCUT2D eigenvalue weighted by molar-refractivity contribution is -0.133. The van der Waals surface area contributed by atoms with Crippen LogP contribution in [0.25, 0.3) is 17.5 Å². The van der Waals surface area contributed by atoms with Crippen molar-refractivity contribution in [1.29, 1.82) is 5.26 Å². The van der Waals surface area contributed by atoms with Gasteiger partial charge in [-0.25, -0.2) is 4.79 Å². The normalized spacial score (nSPS) is 16.6. The van der Waals surface area contributed by atoms with Gasteiger partial charge in [0.1, 0.15) is 15.0 Å². The molecule has 3 rings (SSSR count). The highest BCUT2D eigenvalue weighted by Gasteiger charge is 2.36.